The number of amides is 1. The first-order valence-electron chi connectivity index (χ1n) is 9.43. The third kappa shape index (κ3) is 3.22. The molecule has 0 spiro atoms. The first-order valence-corrected chi connectivity index (χ1v) is 9.43. The Bertz CT molecular complexity index is 1150. The molecule has 2 aromatic heterocycles. The van der Waals surface area contributed by atoms with Gasteiger partial charge < -0.3 is 14.2 Å². The molecule has 8 heteroatoms. The summed E-state index contributed by atoms with van der Waals surface area (Å²) in [5.41, 5.74) is 2.30. The lowest BCUT2D eigenvalue weighted by Crippen LogP contribution is -2.31. The number of ether oxygens (including phenoxy) is 1. The number of hydrogen-bond donors (Lipinski definition) is 0. The van der Waals surface area contributed by atoms with Crippen LogP contribution in [0, 0.1) is 0 Å². The summed E-state index contributed by atoms with van der Waals surface area (Å²) in [7, 11) is 1.85. The van der Waals surface area contributed by atoms with Gasteiger partial charge in [-0.2, -0.15) is 10.1 Å². The van der Waals surface area contributed by atoms with E-state index in [-0.39, 0.29) is 12.0 Å². The summed E-state index contributed by atoms with van der Waals surface area (Å²) in [6.07, 6.45) is 2.03. The maximum atomic E-state index is 13.0. The van der Waals surface area contributed by atoms with Crippen LogP contribution in [-0.4, -0.2) is 49.9 Å². The lowest BCUT2D eigenvalue weighted by Gasteiger charge is -2.16. The molecule has 0 bridgehead atoms. The molecule has 0 aliphatic carbocycles. The maximum Gasteiger partial charge on any atom is 0.275 e. The van der Waals surface area contributed by atoms with Crippen molar-refractivity contribution in [3.63, 3.8) is 0 Å². The maximum absolute atomic E-state index is 13.0. The van der Waals surface area contributed by atoms with Gasteiger partial charge in [0.05, 0.1) is 12.1 Å². The summed E-state index contributed by atoms with van der Waals surface area (Å²) in [6.45, 7) is 1.19. The van der Waals surface area contributed by atoms with E-state index < -0.39 is 0 Å². The van der Waals surface area contributed by atoms with Crippen molar-refractivity contribution in [3.05, 3.63) is 60.6 Å². The number of fused-ring (bicyclic) bond motifs is 1. The van der Waals surface area contributed by atoms with Gasteiger partial charge in [0.25, 0.3) is 5.91 Å². The van der Waals surface area contributed by atoms with Crippen LogP contribution >= 0.6 is 0 Å². The molecule has 5 rings (SSSR count). The minimum absolute atomic E-state index is 0.0510. The van der Waals surface area contributed by atoms with Crippen LogP contribution in [0.2, 0.25) is 0 Å². The summed E-state index contributed by atoms with van der Waals surface area (Å²) < 4.78 is 12.6. The predicted octanol–water partition coefficient (Wildman–Crippen LogP) is 2.92. The van der Waals surface area contributed by atoms with Gasteiger partial charge in [0.1, 0.15) is 11.9 Å². The SMILES string of the molecule is Cn1nc(C(=O)N2CC[C@H](Oc3ccc(-c4ncon4)cc3)C2)c2ccccc21. The topological polar surface area (TPSA) is 86.3 Å². The predicted molar refractivity (Wildman–Crippen MR) is 105 cm³/mol. The van der Waals surface area contributed by atoms with Gasteiger partial charge in [-0.1, -0.05) is 23.4 Å². The van der Waals surface area contributed by atoms with Crippen molar-refractivity contribution in [2.45, 2.75) is 12.5 Å². The van der Waals surface area contributed by atoms with E-state index in [1.54, 1.807) is 4.68 Å². The average molecular weight is 389 g/mol. The van der Waals surface area contributed by atoms with E-state index in [4.69, 9.17) is 9.26 Å². The van der Waals surface area contributed by atoms with Gasteiger partial charge in [0.15, 0.2) is 5.69 Å². The molecule has 0 N–H and O–H groups in total. The second kappa shape index (κ2) is 7.05. The number of benzene rings is 2. The number of carbonyl (C=O) groups excluding carboxylic acids is 1. The zero-order chi connectivity index (χ0) is 19.8. The van der Waals surface area contributed by atoms with E-state index in [9.17, 15) is 4.79 Å². The van der Waals surface area contributed by atoms with E-state index >= 15 is 0 Å². The highest BCUT2D eigenvalue weighted by Crippen LogP contribution is 2.24. The Balaban J connectivity index is 1.27. The standard InChI is InChI=1S/C21H19N5O3/c1-25-18-5-3-2-4-17(18)19(23-25)21(27)26-11-10-16(12-26)29-15-8-6-14(7-9-15)20-22-13-28-24-20/h2-9,13,16H,10-12H2,1H3/t16-/m0/s1. The van der Waals surface area contributed by atoms with Crippen molar-refractivity contribution in [1.82, 2.24) is 24.8 Å². The van der Waals surface area contributed by atoms with Gasteiger partial charge in [0.2, 0.25) is 12.2 Å². The molecule has 0 unspecified atom stereocenters. The first-order chi connectivity index (χ1) is 14.2. The Hall–Kier alpha value is -3.68. The van der Waals surface area contributed by atoms with Crippen LogP contribution in [-0.2, 0) is 7.05 Å². The second-order valence-corrected chi connectivity index (χ2v) is 7.05. The molecule has 3 heterocycles. The molecular formula is C21H19N5O3. The Morgan fingerprint density at radius 3 is 2.79 bits per heavy atom. The number of aryl methyl sites for hydroxylation is 1. The number of aromatic nitrogens is 4. The normalized spacial score (nSPS) is 16.4. The molecule has 0 saturated carbocycles. The smallest absolute Gasteiger partial charge is 0.275 e. The summed E-state index contributed by atoms with van der Waals surface area (Å²) >= 11 is 0. The van der Waals surface area contributed by atoms with Crippen LogP contribution < -0.4 is 4.74 Å². The Morgan fingerprint density at radius 1 is 1.17 bits per heavy atom. The lowest BCUT2D eigenvalue weighted by atomic mass is 10.2. The molecule has 1 aliphatic heterocycles. The monoisotopic (exact) mass is 389 g/mol. The minimum Gasteiger partial charge on any atom is -0.489 e. The van der Waals surface area contributed by atoms with Crippen molar-refractivity contribution < 1.29 is 14.1 Å². The fourth-order valence-corrected chi connectivity index (χ4v) is 3.70. The van der Waals surface area contributed by atoms with Gasteiger partial charge in [-0.05, 0) is 30.3 Å². The van der Waals surface area contributed by atoms with Crippen LogP contribution in [0.1, 0.15) is 16.9 Å². The van der Waals surface area contributed by atoms with Gasteiger partial charge in [0, 0.05) is 31.0 Å². The molecule has 2 aromatic carbocycles. The molecule has 4 aromatic rings. The number of likely N-dealkylation sites (tertiary alicyclic amines) is 1. The fourth-order valence-electron chi connectivity index (χ4n) is 3.70. The molecule has 1 atom stereocenters. The summed E-state index contributed by atoms with van der Waals surface area (Å²) in [5.74, 6) is 1.23. The summed E-state index contributed by atoms with van der Waals surface area (Å²) in [5, 5.41) is 9.14. The van der Waals surface area contributed by atoms with Crippen molar-refractivity contribution in [2.75, 3.05) is 13.1 Å². The van der Waals surface area contributed by atoms with E-state index in [0.717, 1.165) is 28.6 Å². The highest BCUT2D eigenvalue weighted by atomic mass is 16.5. The van der Waals surface area contributed by atoms with E-state index in [1.807, 2.05) is 60.5 Å². The van der Waals surface area contributed by atoms with Crippen molar-refractivity contribution in [1.29, 1.82) is 0 Å². The second-order valence-electron chi connectivity index (χ2n) is 7.05. The Morgan fingerprint density at radius 2 is 2.00 bits per heavy atom. The molecule has 1 fully saturated rings. The van der Waals surface area contributed by atoms with Crippen LogP contribution in [0.5, 0.6) is 5.75 Å². The molecule has 1 amide bonds. The fraction of sp³-hybridized carbons (Fsp3) is 0.238. The molecule has 1 aliphatic rings. The first kappa shape index (κ1) is 17.4. The van der Waals surface area contributed by atoms with E-state index in [2.05, 4.69) is 15.2 Å². The van der Waals surface area contributed by atoms with E-state index in [0.29, 0.717) is 24.6 Å². The highest BCUT2D eigenvalue weighted by molar-refractivity contribution is 6.04. The molecule has 0 radical (unpaired) electrons. The minimum atomic E-state index is -0.0552. The van der Waals surface area contributed by atoms with Gasteiger partial charge >= 0.3 is 0 Å². The van der Waals surface area contributed by atoms with Gasteiger partial charge in [-0.3, -0.25) is 9.48 Å². The average Bonchev–Trinajstić information content (AvgIpc) is 3.49. The molecule has 1 saturated heterocycles. The number of nitrogens with zero attached hydrogens (tertiary/aromatic N) is 5. The number of para-hydroxylation sites is 1. The molecule has 29 heavy (non-hydrogen) atoms. The van der Waals surface area contributed by atoms with Gasteiger partial charge in [-0.15, -0.1) is 0 Å². The zero-order valence-electron chi connectivity index (χ0n) is 15.9. The molecule has 146 valence electrons. The van der Waals surface area contributed by atoms with Gasteiger partial charge in [-0.25, -0.2) is 0 Å². The third-order valence-electron chi connectivity index (χ3n) is 5.17. The number of carbonyl (C=O) groups is 1. The molecule has 8 nitrogen and oxygen atoms in total. The summed E-state index contributed by atoms with van der Waals surface area (Å²) in [6, 6.07) is 15.3. The lowest BCUT2D eigenvalue weighted by molar-refractivity contribution is 0.0767. The largest absolute Gasteiger partial charge is 0.489 e. The van der Waals surface area contributed by atoms with Crippen molar-refractivity contribution >= 4 is 16.8 Å². The highest BCUT2D eigenvalue weighted by Gasteiger charge is 2.30. The number of hydrogen-bond acceptors (Lipinski definition) is 6. The number of rotatable bonds is 4. The van der Waals surface area contributed by atoms with Crippen LogP contribution in [0.4, 0.5) is 0 Å². The third-order valence-corrected chi connectivity index (χ3v) is 5.17. The summed E-state index contributed by atoms with van der Waals surface area (Å²) in [4.78, 5) is 18.9. The van der Waals surface area contributed by atoms with Crippen LogP contribution in [0.15, 0.2) is 59.4 Å². The van der Waals surface area contributed by atoms with Crippen molar-refractivity contribution in [2.24, 2.45) is 7.05 Å². The zero-order valence-corrected chi connectivity index (χ0v) is 15.9. The van der Waals surface area contributed by atoms with Crippen LogP contribution in [0.25, 0.3) is 22.3 Å². The Kier molecular flexibility index (Phi) is 4.23. The van der Waals surface area contributed by atoms with Crippen LogP contribution in [0.3, 0.4) is 0 Å². The van der Waals surface area contributed by atoms with Crippen molar-refractivity contribution in [3.8, 4) is 17.1 Å². The van der Waals surface area contributed by atoms with E-state index in [1.165, 1.54) is 6.39 Å². The molecular weight excluding hydrogens is 370 g/mol. The Labute approximate surface area is 166 Å². The quantitative estimate of drug-likeness (QED) is 0.533.